The summed E-state index contributed by atoms with van der Waals surface area (Å²) in [5.74, 6) is -0.309. The molecule has 0 unspecified atom stereocenters. The molecule has 0 aliphatic rings. The molecular weight excluding hydrogens is 268 g/mol. The first-order valence-corrected chi connectivity index (χ1v) is 6.57. The SMILES string of the molecule is C/C(=N/NC(=O)c1ccccc1Cl)c1cccs1. The van der Waals surface area contributed by atoms with Gasteiger partial charge in [-0.3, -0.25) is 4.79 Å². The van der Waals surface area contributed by atoms with E-state index in [0.29, 0.717) is 10.6 Å². The summed E-state index contributed by atoms with van der Waals surface area (Å²) in [6.07, 6.45) is 0. The number of hydrogen-bond donors (Lipinski definition) is 1. The van der Waals surface area contributed by atoms with Gasteiger partial charge in [-0.15, -0.1) is 11.3 Å². The number of carbonyl (C=O) groups is 1. The van der Waals surface area contributed by atoms with Crippen molar-refractivity contribution in [2.45, 2.75) is 6.92 Å². The molecule has 2 aromatic rings. The van der Waals surface area contributed by atoms with Gasteiger partial charge in [0.2, 0.25) is 0 Å². The summed E-state index contributed by atoms with van der Waals surface area (Å²) in [4.78, 5) is 12.9. The number of amides is 1. The van der Waals surface area contributed by atoms with Gasteiger partial charge in [0.25, 0.3) is 5.91 Å². The minimum absolute atomic E-state index is 0.309. The fraction of sp³-hybridized carbons (Fsp3) is 0.0769. The summed E-state index contributed by atoms with van der Waals surface area (Å²) in [6, 6.07) is 10.8. The van der Waals surface area contributed by atoms with E-state index in [1.807, 2.05) is 24.4 Å². The summed E-state index contributed by atoms with van der Waals surface area (Å²) in [5, 5.41) is 6.43. The maximum atomic E-state index is 11.8. The average Bonchev–Trinajstić information content (AvgIpc) is 2.90. The van der Waals surface area contributed by atoms with Crippen LogP contribution < -0.4 is 5.43 Å². The van der Waals surface area contributed by atoms with Gasteiger partial charge in [0, 0.05) is 4.88 Å². The second-order valence-electron chi connectivity index (χ2n) is 3.60. The summed E-state index contributed by atoms with van der Waals surface area (Å²) in [7, 11) is 0. The van der Waals surface area contributed by atoms with Crippen LogP contribution in [0.1, 0.15) is 22.2 Å². The Morgan fingerprint density at radius 1 is 1.28 bits per heavy atom. The standard InChI is InChI=1S/C13H11ClN2OS/c1-9(12-7-4-8-18-12)15-16-13(17)10-5-2-3-6-11(10)14/h2-8H,1H3,(H,16,17)/b15-9-. The average molecular weight is 279 g/mol. The lowest BCUT2D eigenvalue weighted by atomic mass is 10.2. The first-order valence-electron chi connectivity index (χ1n) is 5.31. The lowest BCUT2D eigenvalue weighted by Gasteiger charge is -2.03. The number of rotatable bonds is 3. The number of benzene rings is 1. The van der Waals surface area contributed by atoms with E-state index in [1.54, 1.807) is 35.6 Å². The Morgan fingerprint density at radius 2 is 2.06 bits per heavy atom. The Balaban J connectivity index is 2.09. The zero-order valence-electron chi connectivity index (χ0n) is 9.68. The Morgan fingerprint density at radius 3 is 2.72 bits per heavy atom. The van der Waals surface area contributed by atoms with Crippen LogP contribution in [0, 0.1) is 0 Å². The number of hydrogen-bond acceptors (Lipinski definition) is 3. The Labute approximate surface area is 114 Å². The van der Waals surface area contributed by atoms with Gasteiger partial charge in [-0.1, -0.05) is 29.8 Å². The molecule has 0 saturated heterocycles. The Hall–Kier alpha value is -1.65. The molecule has 1 N–H and O–H groups in total. The maximum absolute atomic E-state index is 11.8. The predicted octanol–water partition coefficient (Wildman–Crippen LogP) is 3.56. The number of hydrazone groups is 1. The molecule has 0 aliphatic heterocycles. The molecule has 5 heteroatoms. The molecule has 1 aromatic carbocycles. The monoisotopic (exact) mass is 278 g/mol. The van der Waals surface area contributed by atoms with E-state index in [1.165, 1.54) is 0 Å². The quantitative estimate of drug-likeness (QED) is 0.677. The van der Waals surface area contributed by atoms with Crippen molar-refractivity contribution in [2.24, 2.45) is 5.10 Å². The van der Waals surface area contributed by atoms with E-state index in [9.17, 15) is 4.79 Å². The van der Waals surface area contributed by atoms with Crippen LogP contribution in [0.2, 0.25) is 5.02 Å². The van der Waals surface area contributed by atoms with Crippen molar-refractivity contribution < 1.29 is 4.79 Å². The van der Waals surface area contributed by atoms with Crippen LogP contribution >= 0.6 is 22.9 Å². The molecule has 0 radical (unpaired) electrons. The molecule has 0 saturated carbocycles. The van der Waals surface area contributed by atoms with Crippen LogP contribution in [0.4, 0.5) is 0 Å². The first-order chi connectivity index (χ1) is 8.68. The van der Waals surface area contributed by atoms with Crippen LogP contribution in [0.5, 0.6) is 0 Å². The molecule has 1 aromatic heterocycles. The lowest BCUT2D eigenvalue weighted by Crippen LogP contribution is -2.19. The fourth-order valence-corrected chi connectivity index (χ4v) is 2.28. The third-order valence-corrected chi connectivity index (χ3v) is 3.63. The van der Waals surface area contributed by atoms with Crippen molar-refractivity contribution >= 4 is 34.6 Å². The minimum Gasteiger partial charge on any atom is -0.267 e. The van der Waals surface area contributed by atoms with Gasteiger partial charge >= 0.3 is 0 Å². The predicted molar refractivity (Wildman–Crippen MR) is 75.4 cm³/mol. The molecule has 18 heavy (non-hydrogen) atoms. The molecule has 3 nitrogen and oxygen atoms in total. The van der Waals surface area contributed by atoms with Crippen LogP contribution in [0.3, 0.4) is 0 Å². The summed E-state index contributed by atoms with van der Waals surface area (Å²) in [6.45, 7) is 1.85. The normalized spacial score (nSPS) is 11.3. The molecule has 1 heterocycles. The number of thiophene rings is 1. The van der Waals surface area contributed by atoms with E-state index in [-0.39, 0.29) is 5.91 Å². The second-order valence-corrected chi connectivity index (χ2v) is 4.95. The highest BCUT2D eigenvalue weighted by molar-refractivity contribution is 7.12. The maximum Gasteiger partial charge on any atom is 0.272 e. The van der Waals surface area contributed by atoms with Gasteiger partial charge in [-0.2, -0.15) is 5.10 Å². The van der Waals surface area contributed by atoms with Gasteiger partial charge in [-0.25, -0.2) is 5.43 Å². The van der Waals surface area contributed by atoms with Crippen LogP contribution in [-0.2, 0) is 0 Å². The highest BCUT2D eigenvalue weighted by atomic mass is 35.5. The fourth-order valence-electron chi connectivity index (χ4n) is 1.38. The van der Waals surface area contributed by atoms with Gasteiger partial charge in [0.15, 0.2) is 0 Å². The van der Waals surface area contributed by atoms with E-state index in [4.69, 9.17) is 11.6 Å². The van der Waals surface area contributed by atoms with Crippen LogP contribution in [0.15, 0.2) is 46.9 Å². The van der Waals surface area contributed by atoms with Crippen molar-refractivity contribution in [1.82, 2.24) is 5.43 Å². The van der Waals surface area contributed by atoms with E-state index in [2.05, 4.69) is 10.5 Å². The zero-order chi connectivity index (χ0) is 13.0. The molecule has 1 amide bonds. The molecule has 0 aliphatic carbocycles. The number of carbonyl (C=O) groups excluding carboxylic acids is 1. The van der Waals surface area contributed by atoms with E-state index < -0.39 is 0 Å². The van der Waals surface area contributed by atoms with Crippen molar-refractivity contribution in [3.05, 3.63) is 57.2 Å². The minimum atomic E-state index is -0.309. The van der Waals surface area contributed by atoms with Crippen molar-refractivity contribution in [1.29, 1.82) is 0 Å². The van der Waals surface area contributed by atoms with Gasteiger partial charge < -0.3 is 0 Å². The third-order valence-electron chi connectivity index (χ3n) is 2.32. The first kappa shape index (κ1) is 12.8. The highest BCUT2D eigenvalue weighted by Crippen LogP contribution is 2.14. The molecular formula is C13H11ClN2OS. The van der Waals surface area contributed by atoms with Gasteiger partial charge in [0.05, 0.1) is 16.3 Å². The second kappa shape index (κ2) is 5.80. The topological polar surface area (TPSA) is 41.5 Å². The van der Waals surface area contributed by atoms with E-state index >= 15 is 0 Å². The molecule has 0 fully saturated rings. The number of nitrogens with zero attached hydrogens (tertiary/aromatic N) is 1. The Kier molecular flexibility index (Phi) is 4.12. The molecule has 0 spiro atoms. The van der Waals surface area contributed by atoms with Crippen molar-refractivity contribution in [2.75, 3.05) is 0 Å². The van der Waals surface area contributed by atoms with Crippen LogP contribution in [0.25, 0.3) is 0 Å². The lowest BCUT2D eigenvalue weighted by molar-refractivity contribution is 0.0955. The van der Waals surface area contributed by atoms with Gasteiger partial charge in [0.1, 0.15) is 0 Å². The molecule has 92 valence electrons. The summed E-state index contributed by atoms with van der Waals surface area (Å²) < 4.78 is 0. The third kappa shape index (κ3) is 2.97. The van der Waals surface area contributed by atoms with Crippen molar-refractivity contribution in [3.63, 3.8) is 0 Å². The van der Waals surface area contributed by atoms with Crippen molar-refractivity contribution in [3.8, 4) is 0 Å². The largest absolute Gasteiger partial charge is 0.272 e. The Bertz CT molecular complexity index is 578. The molecule has 2 rings (SSSR count). The zero-order valence-corrected chi connectivity index (χ0v) is 11.3. The molecule has 0 bridgehead atoms. The smallest absolute Gasteiger partial charge is 0.267 e. The molecule has 0 atom stereocenters. The van der Waals surface area contributed by atoms with Crippen LogP contribution in [-0.4, -0.2) is 11.6 Å². The number of halogens is 1. The van der Waals surface area contributed by atoms with Gasteiger partial charge in [-0.05, 0) is 30.5 Å². The summed E-state index contributed by atoms with van der Waals surface area (Å²) >= 11 is 7.50. The number of nitrogens with one attached hydrogen (secondary N) is 1. The summed E-state index contributed by atoms with van der Waals surface area (Å²) in [5.41, 5.74) is 3.69. The highest BCUT2D eigenvalue weighted by Gasteiger charge is 2.08. The van der Waals surface area contributed by atoms with E-state index in [0.717, 1.165) is 10.6 Å².